The van der Waals surface area contributed by atoms with Gasteiger partial charge in [0.1, 0.15) is 5.75 Å². The van der Waals surface area contributed by atoms with Gasteiger partial charge in [0.2, 0.25) is 0 Å². The maximum atomic E-state index is 11.8. The second-order valence-corrected chi connectivity index (χ2v) is 6.77. The van der Waals surface area contributed by atoms with E-state index in [0.29, 0.717) is 6.54 Å². The number of carbonyl (C=O) groups is 1. The number of hydrogen-bond acceptors (Lipinski definition) is 3. The van der Waals surface area contributed by atoms with Gasteiger partial charge in [-0.2, -0.15) is 0 Å². The topological polar surface area (TPSA) is 41.6 Å². The average molecular weight is 352 g/mol. The molecule has 1 N–H and O–H groups in total. The number of rotatable bonds is 8. The van der Waals surface area contributed by atoms with Crippen molar-refractivity contribution in [2.75, 3.05) is 31.1 Å². The zero-order chi connectivity index (χ0) is 18.0. The molecule has 0 spiro atoms. The van der Waals surface area contributed by atoms with E-state index in [1.165, 1.54) is 43.6 Å². The van der Waals surface area contributed by atoms with Crippen molar-refractivity contribution < 1.29 is 9.53 Å². The number of aryl methyl sites for hydroxylation is 1. The molecule has 4 heteroatoms. The molecule has 1 saturated heterocycles. The SMILES string of the molecule is O=C(COc1ccccc1)NCCCc1ccc(N2CCCCC2)cc1. The number of benzene rings is 2. The predicted octanol–water partition coefficient (Wildman–Crippen LogP) is 3.80. The minimum atomic E-state index is -0.0747. The summed E-state index contributed by atoms with van der Waals surface area (Å²) in [4.78, 5) is 14.3. The first-order valence-corrected chi connectivity index (χ1v) is 9.60. The van der Waals surface area contributed by atoms with Crippen LogP contribution < -0.4 is 15.0 Å². The summed E-state index contributed by atoms with van der Waals surface area (Å²) in [6, 6.07) is 18.3. The molecular weight excluding hydrogens is 324 g/mol. The second kappa shape index (κ2) is 9.85. The number of anilines is 1. The Hall–Kier alpha value is -2.49. The van der Waals surface area contributed by atoms with Gasteiger partial charge in [-0.3, -0.25) is 4.79 Å². The second-order valence-electron chi connectivity index (χ2n) is 6.77. The third-order valence-electron chi connectivity index (χ3n) is 4.74. The summed E-state index contributed by atoms with van der Waals surface area (Å²) in [5.74, 6) is 0.644. The monoisotopic (exact) mass is 352 g/mol. The molecule has 0 bridgehead atoms. The van der Waals surface area contributed by atoms with Crippen molar-refractivity contribution in [3.05, 3.63) is 60.2 Å². The first-order chi connectivity index (χ1) is 12.8. The molecule has 1 aliphatic heterocycles. The van der Waals surface area contributed by atoms with Gasteiger partial charge in [-0.05, 0) is 61.9 Å². The lowest BCUT2D eigenvalue weighted by Gasteiger charge is -2.28. The standard InChI is InChI=1S/C22H28N2O2/c25-22(18-26-21-9-3-1-4-10-21)23-15-7-8-19-11-13-20(14-12-19)24-16-5-2-6-17-24/h1,3-4,9-14H,2,5-8,15-18H2,(H,23,25). The van der Waals surface area contributed by atoms with E-state index in [4.69, 9.17) is 4.74 Å². The van der Waals surface area contributed by atoms with Crippen LogP contribution >= 0.6 is 0 Å². The summed E-state index contributed by atoms with van der Waals surface area (Å²) in [7, 11) is 0. The summed E-state index contributed by atoms with van der Waals surface area (Å²) in [6.45, 7) is 3.09. The van der Waals surface area contributed by atoms with Crippen molar-refractivity contribution in [3.8, 4) is 5.75 Å². The Morgan fingerprint density at radius 1 is 0.962 bits per heavy atom. The first kappa shape index (κ1) is 18.3. The molecule has 0 aromatic heterocycles. The van der Waals surface area contributed by atoms with Crippen LogP contribution in [0.15, 0.2) is 54.6 Å². The van der Waals surface area contributed by atoms with Gasteiger partial charge in [0, 0.05) is 25.3 Å². The van der Waals surface area contributed by atoms with Gasteiger partial charge in [-0.25, -0.2) is 0 Å². The van der Waals surface area contributed by atoms with Crippen molar-refractivity contribution in [1.82, 2.24) is 5.32 Å². The van der Waals surface area contributed by atoms with Crippen LogP contribution in [0.2, 0.25) is 0 Å². The minimum Gasteiger partial charge on any atom is -0.484 e. The van der Waals surface area contributed by atoms with E-state index in [9.17, 15) is 4.79 Å². The maximum Gasteiger partial charge on any atom is 0.257 e. The van der Waals surface area contributed by atoms with Crippen molar-refractivity contribution in [2.24, 2.45) is 0 Å². The third kappa shape index (κ3) is 5.80. The fraction of sp³-hybridized carbons (Fsp3) is 0.409. The number of hydrogen-bond donors (Lipinski definition) is 1. The molecule has 3 rings (SSSR count). The molecule has 0 radical (unpaired) electrons. The highest BCUT2D eigenvalue weighted by Crippen LogP contribution is 2.20. The van der Waals surface area contributed by atoms with Gasteiger partial charge in [-0.15, -0.1) is 0 Å². The zero-order valence-electron chi connectivity index (χ0n) is 15.3. The number of piperidine rings is 1. The number of carbonyl (C=O) groups excluding carboxylic acids is 1. The zero-order valence-corrected chi connectivity index (χ0v) is 15.3. The van der Waals surface area contributed by atoms with Crippen LogP contribution in [0.4, 0.5) is 5.69 Å². The van der Waals surface area contributed by atoms with E-state index in [0.717, 1.165) is 18.6 Å². The first-order valence-electron chi connectivity index (χ1n) is 9.60. The lowest BCUT2D eigenvalue weighted by Crippen LogP contribution is -2.30. The highest BCUT2D eigenvalue weighted by Gasteiger charge is 2.10. The quantitative estimate of drug-likeness (QED) is 0.735. The van der Waals surface area contributed by atoms with Crippen LogP contribution in [0.3, 0.4) is 0 Å². The van der Waals surface area contributed by atoms with Gasteiger partial charge < -0.3 is 15.0 Å². The van der Waals surface area contributed by atoms with Crippen LogP contribution in [0.25, 0.3) is 0 Å². The molecule has 1 amide bonds. The number of ether oxygens (including phenoxy) is 1. The Bertz CT molecular complexity index is 664. The highest BCUT2D eigenvalue weighted by molar-refractivity contribution is 5.77. The third-order valence-corrected chi connectivity index (χ3v) is 4.74. The van der Waals surface area contributed by atoms with Crippen molar-refractivity contribution in [1.29, 1.82) is 0 Å². The van der Waals surface area contributed by atoms with E-state index in [-0.39, 0.29) is 12.5 Å². The number of amides is 1. The van der Waals surface area contributed by atoms with Gasteiger partial charge in [0.25, 0.3) is 5.91 Å². The maximum absolute atomic E-state index is 11.8. The Kier molecular flexibility index (Phi) is 6.94. The Labute approximate surface area is 156 Å². The van der Waals surface area contributed by atoms with Gasteiger partial charge in [0.05, 0.1) is 0 Å². The molecule has 0 saturated carbocycles. The summed E-state index contributed by atoms with van der Waals surface area (Å²) >= 11 is 0. The molecule has 138 valence electrons. The number of para-hydroxylation sites is 1. The van der Waals surface area contributed by atoms with Crippen LogP contribution in [-0.4, -0.2) is 32.1 Å². The summed E-state index contributed by atoms with van der Waals surface area (Å²) < 4.78 is 5.44. The van der Waals surface area contributed by atoms with Crippen LogP contribution in [0.1, 0.15) is 31.2 Å². The normalized spacial score (nSPS) is 14.1. The average Bonchev–Trinajstić information content (AvgIpc) is 2.71. The molecule has 2 aromatic rings. The van der Waals surface area contributed by atoms with E-state index >= 15 is 0 Å². The smallest absolute Gasteiger partial charge is 0.257 e. The molecule has 26 heavy (non-hydrogen) atoms. The van der Waals surface area contributed by atoms with Crippen molar-refractivity contribution >= 4 is 11.6 Å². The molecule has 2 aromatic carbocycles. The molecule has 4 nitrogen and oxygen atoms in total. The molecule has 1 fully saturated rings. The van der Waals surface area contributed by atoms with E-state index < -0.39 is 0 Å². The number of nitrogens with zero attached hydrogens (tertiary/aromatic N) is 1. The van der Waals surface area contributed by atoms with Gasteiger partial charge in [0.15, 0.2) is 6.61 Å². The van der Waals surface area contributed by atoms with Gasteiger partial charge >= 0.3 is 0 Å². The Morgan fingerprint density at radius 2 is 1.69 bits per heavy atom. The van der Waals surface area contributed by atoms with Gasteiger partial charge in [-0.1, -0.05) is 30.3 Å². The van der Waals surface area contributed by atoms with Crippen LogP contribution in [-0.2, 0) is 11.2 Å². The summed E-state index contributed by atoms with van der Waals surface area (Å²) in [5.41, 5.74) is 2.65. The molecule has 1 heterocycles. The Morgan fingerprint density at radius 3 is 2.42 bits per heavy atom. The van der Waals surface area contributed by atoms with Crippen molar-refractivity contribution in [2.45, 2.75) is 32.1 Å². The molecular formula is C22H28N2O2. The largest absolute Gasteiger partial charge is 0.484 e. The van der Waals surface area contributed by atoms with E-state index in [1.54, 1.807) is 0 Å². The highest BCUT2D eigenvalue weighted by atomic mass is 16.5. The fourth-order valence-corrected chi connectivity index (χ4v) is 3.26. The molecule has 0 unspecified atom stereocenters. The van der Waals surface area contributed by atoms with Crippen molar-refractivity contribution in [3.63, 3.8) is 0 Å². The summed E-state index contributed by atoms with van der Waals surface area (Å²) in [6.07, 6.45) is 5.86. The molecule has 0 atom stereocenters. The van der Waals surface area contributed by atoms with E-state index in [2.05, 4.69) is 34.5 Å². The molecule has 0 aliphatic carbocycles. The minimum absolute atomic E-state index is 0.0640. The number of nitrogens with one attached hydrogen (secondary N) is 1. The fourth-order valence-electron chi connectivity index (χ4n) is 3.26. The lowest BCUT2D eigenvalue weighted by molar-refractivity contribution is -0.123. The summed E-state index contributed by atoms with van der Waals surface area (Å²) in [5, 5.41) is 2.91. The lowest BCUT2D eigenvalue weighted by atomic mass is 10.1. The van der Waals surface area contributed by atoms with Crippen LogP contribution in [0.5, 0.6) is 5.75 Å². The Balaban J connectivity index is 1.32. The molecule has 1 aliphatic rings. The van der Waals surface area contributed by atoms with E-state index in [1.807, 2.05) is 30.3 Å². The predicted molar refractivity (Wildman–Crippen MR) is 106 cm³/mol. The van der Waals surface area contributed by atoms with Crippen LogP contribution in [0, 0.1) is 0 Å².